The number of aromatic amines is 1. The molecular formula is C15H19N3O3. The van der Waals surface area contributed by atoms with Crippen molar-refractivity contribution in [3.63, 3.8) is 0 Å². The molecule has 0 bridgehead atoms. The summed E-state index contributed by atoms with van der Waals surface area (Å²) in [5.74, 6) is 0.489. The number of aromatic nitrogens is 2. The van der Waals surface area contributed by atoms with Crippen molar-refractivity contribution in [1.29, 1.82) is 0 Å². The summed E-state index contributed by atoms with van der Waals surface area (Å²) in [6.07, 6.45) is 0. The highest BCUT2D eigenvalue weighted by Crippen LogP contribution is 2.18. The number of para-hydroxylation sites is 1. The molecule has 0 atom stereocenters. The molecule has 0 saturated heterocycles. The number of carbonyl (C=O) groups is 1. The Bertz CT molecular complexity index is 603. The average molecular weight is 289 g/mol. The Kier molecular flexibility index (Phi) is 4.94. The monoisotopic (exact) mass is 289 g/mol. The summed E-state index contributed by atoms with van der Waals surface area (Å²) < 4.78 is 5.44. The van der Waals surface area contributed by atoms with Gasteiger partial charge in [-0.1, -0.05) is 18.2 Å². The summed E-state index contributed by atoms with van der Waals surface area (Å²) in [6.45, 7) is 4.13. The van der Waals surface area contributed by atoms with Gasteiger partial charge >= 0.3 is 0 Å². The van der Waals surface area contributed by atoms with Crippen LogP contribution in [0.25, 0.3) is 0 Å². The van der Waals surface area contributed by atoms with Crippen LogP contribution in [0.2, 0.25) is 0 Å². The highest BCUT2D eigenvalue weighted by molar-refractivity contribution is 5.96. The molecule has 0 aliphatic heterocycles. The van der Waals surface area contributed by atoms with Crippen molar-refractivity contribution in [2.24, 2.45) is 0 Å². The van der Waals surface area contributed by atoms with Crippen LogP contribution in [0.1, 0.15) is 27.3 Å². The van der Waals surface area contributed by atoms with E-state index in [0.29, 0.717) is 23.6 Å². The molecule has 0 unspecified atom stereocenters. The first-order valence-corrected chi connectivity index (χ1v) is 6.74. The third kappa shape index (κ3) is 3.61. The second-order valence-corrected chi connectivity index (χ2v) is 4.67. The molecule has 3 N–H and O–H groups in total. The van der Waals surface area contributed by atoms with Crippen LogP contribution in [0, 0.1) is 13.8 Å². The highest BCUT2D eigenvalue weighted by atomic mass is 16.5. The van der Waals surface area contributed by atoms with Crippen LogP contribution in [-0.4, -0.2) is 34.4 Å². The van der Waals surface area contributed by atoms with Crippen LogP contribution in [0.3, 0.4) is 0 Å². The number of carbonyl (C=O) groups excluding carboxylic acids is 1. The lowest BCUT2D eigenvalue weighted by Gasteiger charge is -2.11. The number of benzene rings is 1. The molecule has 6 nitrogen and oxygen atoms in total. The zero-order chi connectivity index (χ0) is 15.2. The van der Waals surface area contributed by atoms with Gasteiger partial charge in [-0.15, -0.1) is 0 Å². The first-order valence-electron chi connectivity index (χ1n) is 6.74. The Morgan fingerprint density at radius 3 is 2.81 bits per heavy atom. The fourth-order valence-electron chi connectivity index (χ4n) is 2.10. The zero-order valence-corrected chi connectivity index (χ0v) is 12.1. The molecule has 21 heavy (non-hydrogen) atoms. The molecule has 1 aromatic carbocycles. The van der Waals surface area contributed by atoms with E-state index in [0.717, 1.165) is 11.3 Å². The molecule has 0 radical (unpaired) electrons. The van der Waals surface area contributed by atoms with Crippen molar-refractivity contribution in [3.8, 4) is 5.75 Å². The minimum absolute atomic E-state index is 0.0475. The fourth-order valence-corrected chi connectivity index (χ4v) is 2.10. The van der Waals surface area contributed by atoms with Crippen molar-refractivity contribution >= 4 is 5.91 Å². The van der Waals surface area contributed by atoms with Crippen LogP contribution in [0.15, 0.2) is 24.3 Å². The van der Waals surface area contributed by atoms with Gasteiger partial charge in [0, 0.05) is 17.8 Å². The van der Waals surface area contributed by atoms with Gasteiger partial charge in [0.15, 0.2) is 0 Å². The number of aliphatic hydroxyl groups is 1. The number of nitrogens with one attached hydrogen (secondary N) is 2. The average Bonchev–Trinajstić information content (AvgIpc) is 2.82. The third-order valence-electron chi connectivity index (χ3n) is 3.12. The predicted molar refractivity (Wildman–Crippen MR) is 78.3 cm³/mol. The maximum absolute atomic E-state index is 12.2. The number of aliphatic hydroxyl groups excluding tert-OH is 1. The molecule has 1 amide bonds. The number of H-pyrrole nitrogens is 1. The SMILES string of the molecule is Cc1n[nH]c(C)c1C(=O)NCc1ccccc1OCCO. The third-order valence-corrected chi connectivity index (χ3v) is 3.12. The molecule has 112 valence electrons. The van der Waals surface area contributed by atoms with Gasteiger partial charge in [0.05, 0.1) is 17.9 Å². The molecule has 2 rings (SSSR count). The van der Waals surface area contributed by atoms with Crippen molar-refractivity contribution in [1.82, 2.24) is 15.5 Å². The van der Waals surface area contributed by atoms with Crippen LogP contribution in [0.5, 0.6) is 5.75 Å². The van der Waals surface area contributed by atoms with E-state index in [1.807, 2.05) is 31.2 Å². The summed E-state index contributed by atoms with van der Waals surface area (Å²) in [6, 6.07) is 7.41. The predicted octanol–water partition coefficient (Wildman–Crippen LogP) is 1.33. The Morgan fingerprint density at radius 2 is 2.14 bits per heavy atom. The van der Waals surface area contributed by atoms with Crippen molar-refractivity contribution in [2.75, 3.05) is 13.2 Å². The fraction of sp³-hybridized carbons (Fsp3) is 0.333. The van der Waals surface area contributed by atoms with E-state index >= 15 is 0 Å². The van der Waals surface area contributed by atoms with Crippen LogP contribution < -0.4 is 10.1 Å². The molecule has 6 heteroatoms. The molecule has 2 aromatic rings. The van der Waals surface area contributed by atoms with Crippen LogP contribution in [-0.2, 0) is 6.54 Å². The molecule has 0 spiro atoms. The molecule has 0 saturated carbocycles. The standard InChI is InChI=1S/C15H19N3O3/c1-10-14(11(2)18-17-10)15(20)16-9-12-5-3-4-6-13(12)21-8-7-19/h3-6,19H,7-9H2,1-2H3,(H,16,20)(H,17,18). The summed E-state index contributed by atoms with van der Waals surface area (Å²) in [5.41, 5.74) is 2.85. The van der Waals surface area contributed by atoms with E-state index in [1.54, 1.807) is 6.92 Å². The van der Waals surface area contributed by atoms with E-state index < -0.39 is 0 Å². The number of rotatable bonds is 6. The lowest BCUT2D eigenvalue weighted by molar-refractivity contribution is 0.0949. The Balaban J connectivity index is 2.05. The largest absolute Gasteiger partial charge is 0.491 e. The lowest BCUT2D eigenvalue weighted by atomic mass is 10.1. The maximum atomic E-state index is 12.2. The lowest BCUT2D eigenvalue weighted by Crippen LogP contribution is -2.24. The van der Waals surface area contributed by atoms with E-state index in [-0.39, 0.29) is 19.1 Å². The molecule has 1 heterocycles. The van der Waals surface area contributed by atoms with Crippen LogP contribution in [0.4, 0.5) is 0 Å². The summed E-state index contributed by atoms with van der Waals surface area (Å²) in [7, 11) is 0. The van der Waals surface area contributed by atoms with Gasteiger partial charge in [0.2, 0.25) is 0 Å². The minimum atomic E-state index is -0.171. The quantitative estimate of drug-likeness (QED) is 0.748. The van der Waals surface area contributed by atoms with Gasteiger partial charge in [0.1, 0.15) is 12.4 Å². The number of hydrogen-bond donors (Lipinski definition) is 3. The van der Waals surface area contributed by atoms with E-state index in [4.69, 9.17) is 9.84 Å². The second-order valence-electron chi connectivity index (χ2n) is 4.67. The topological polar surface area (TPSA) is 87.2 Å². The van der Waals surface area contributed by atoms with Gasteiger partial charge in [-0.2, -0.15) is 5.10 Å². The molecule has 0 aliphatic carbocycles. The van der Waals surface area contributed by atoms with Crippen molar-refractivity contribution in [2.45, 2.75) is 20.4 Å². The number of ether oxygens (including phenoxy) is 1. The summed E-state index contributed by atoms with van der Waals surface area (Å²) >= 11 is 0. The number of nitrogens with zero attached hydrogens (tertiary/aromatic N) is 1. The Morgan fingerprint density at radius 1 is 1.38 bits per heavy atom. The molecule has 1 aromatic heterocycles. The first kappa shape index (κ1) is 15.1. The van der Waals surface area contributed by atoms with E-state index in [1.165, 1.54) is 0 Å². The van der Waals surface area contributed by atoms with Gasteiger partial charge in [-0.25, -0.2) is 0 Å². The summed E-state index contributed by atoms with van der Waals surface area (Å²) in [5, 5.41) is 18.5. The Hall–Kier alpha value is -2.34. The van der Waals surface area contributed by atoms with Gasteiger partial charge < -0.3 is 15.2 Å². The smallest absolute Gasteiger partial charge is 0.255 e. The molecular weight excluding hydrogens is 270 g/mol. The number of amides is 1. The Labute approximate surface area is 123 Å². The second kappa shape index (κ2) is 6.90. The summed E-state index contributed by atoms with van der Waals surface area (Å²) in [4.78, 5) is 12.2. The normalized spacial score (nSPS) is 10.4. The van der Waals surface area contributed by atoms with Crippen molar-refractivity contribution in [3.05, 3.63) is 46.8 Å². The number of hydrogen-bond acceptors (Lipinski definition) is 4. The number of aryl methyl sites for hydroxylation is 2. The maximum Gasteiger partial charge on any atom is 0.255 e. The van der Waals surface area contributed by atoms with Gasteiger partial charge in [-0.05, 0) is 19.9 Å². The van der Waals surface area contributed by atoms with E-state index in [2.05, 4.69) is 15.5 Å². The molecule has 0 fully saturated rings. The molecule has 0 aliphatic rings. The van der Waals surface area contributed by atoms with Gasteiger partial charge in [-0.3, -0.25) is 9.89 Å². The van der Waals surface area contributed by atoms with Crippen LogP contribution >= 0.6 is 0 Å². The first-order chi connectivity index (χ1) is 10.1. The zero-order valence-electron chi connectivity index (χ0n) is 12.1. The van der Waals surface area contributed by atoms with Gasteiger partial charge in [0.25, 0.3) is 5.91 Å². The van der Waals surface area contributed by atoms with E-state index in [9.17, 15) is 4.79 Å². The minimum Gasteiger partial charge on any atom is -0.491 e. The van der Waals surface area contributed by atoms with Crippen molar-refractivity contribution < 1.29 is 14.6 Å². The highest BCUT2D eigenvalue weighted by Gasteiger charge is 2.15.